The SMILES string of the molecule is CC(C)CCCOCCCNC(C)(C)C. The Hall–Kier alpha value is -0.0800. The second-order valence-electron chi connectivity index (χ2n) is 5.68. The maximum Gasteiger partial charge on any atom is 0.0478 e. The molecule has 0 aromatic heterocycles. The van der Waals surface area contributed by atoms with Crippen molar-refractivity contribution in [3.05, 3.63) is 0 Å². The number of rotatable bonds is 8. The van der Waals surface area contributed by atoms with E-state index < -0.39 is 0 Å². The maximum absolute atomic E-state index is 5.56. The summed E-state index contributed by atoms with van der Waals surface area (Å²) in [7, 11) is 0. The van der Waals surface area contributed by atoms with Crippen molar-refractivity contribution in [2.75, 3.05) is 19.8 Å². The van der Waals surface area contributed by atoms with Crippen LogP contribution in [-0.2, 0) is 4.74 Å². The van der Waals surface area contributed by atoms with Crippen molar-refractivity contribution < 1.29 is 4.74 Å². The minimum Gasteiger partial charge on any atom is -0.381 e. The molecular formula is C13H29NO. The Bertz CT molecular complexity index is 138. The number of nitrogens with one attached hydrogen (secondary N) is 1. The van der Waals surface area contributed by atoms with Gasteiger partial charge in [0.15, 0.2) is 0 Å². The van der Waals surface area contributed by atoms with Crippen LogP contribution in [0, 0.1) is 5.92 Å². The van der Waals surface area contributed by atoms with Crippen LogP contribution in [-0.4, -0.2) is 25.3 Å². The first kappa shape index (κ1) is 14.9. The Morgan fingerprint density at radius 1 is 1.07 bits per heavy atom. The highest BCUT2D eigenvalue weighted by Crippen LogP contribution is 2.03. The molecule has 0 radical (unpaired) electrons. The van der Waals surface area contributed by atoms with E-state index in [1.807, 2.05) is 0 Å². The summed E-state index contributed by atoms with van der Waals surface area (Å²) in [6, 6.07) is 0. The zero-order chi connectivity index (χ0) is 11.7. The van der Waals surface area contributed by atoms with Gasteiger partial charge in [0.2, 0.25) is 0 Å². The predicted molar refractivity (Wildman–Crippen MR) is 67.3 cm³/mol. The molecule has 1 N–H and O–H groups in total. The van der Waals surface area contributed by atoms with Crippen LogP contribution >= 0.6 is 0 Å². The topological polar surface area (TPSA) is 21.3 Å². The summed E-state index contributed by atoms with van der Waals surface area (Å²) in [6.45, 7) is 14.0. The fourth-order valence-corrected chi connectivity index (χ4v) is 1.33. The molecule has 0 aromatic carbocycles. The lowest BCUT2D eigenvalue weighted by Gasteiger charge is -2.20. The minimum atomic E-state index is 0.234. The van der Waals surface area contributed by atoms with Crippen molar-refractivity contribution in [3.63, 3.8) is 0 Å². The standard InChI is InChI=1S/C13H29NO/c1-12(2)8-6-10-15-11-7-9-14-13(3,4)5/h12,14H,6-11H2,1-5H3. The number of hydrogen-bond acceptors (Lipinski definition) is 2. The molecule has 0 fully saturated rings. The zero-order valence-electron chi connectivity index (χ0n) is 11.2. The number of ether oxygens (including phenoxy) is 1. The van der Waals surface area contributed by atoms with E-state index in [0.29, 0.717) is 0 Å². The van der Waals surface area contributed by atoms with Crippen molar-refractivity contribution >= 4 is 0 Å². The summed E-state index contributed by atoms with van der Waals surface area (Å²) in [5.41, 5.74) is 0.234. The Morgan fingerprint density at radius 2 is 1.67 bits per heavy atom. The van der Waals surface area contributed by atoms with Crippen molar-refractivity contribution in [1.82, 2.24) is 5.32 Å². The first-order chi connectivity index (χ1) is 6.92. The van der Waals surface area contributed by atoms with Gasteiger partial charge in [0.25, 0.3) is 0 Å². The largest absolute Gasteiger partial charge is 0.381 e. The average Bonchev–Trinajstić information content (AvgIpc) is 2.07. The lowest BCUT2D eigenvalue weighted by atomic mass is 10.1. The van der Waals surface area contributed by atoms with Gasteiger partial charge in [0, 0.05) is 18.8 Å². The second kappa shape index (κ2) is 8.12. The van der Waals surface area contributed by atoms with Crippen molar-refractivity contribution in [2.24, 2.45) is 5.92 Å². The molecule has 0 saturated carbocycles. The van der Waals surface area contributed by atoms with Crippen LogP contribution in [0.1, 0.15) is 53.9 Å². The van der Waals surface area contributed by atoms with Crippen LogP contribution in [0.4, 0.5) is 0 Å². The molecule has 0 aromatic rings. The highest BCUT2D eigenvalue weighted by molar-refractivity contribution is 4.69. The van der Waals surface area contributed by atoms with Gasteiger partial charge in [-0.15, -0.1) is 0 Å². The normalized spacial score (nSPS) is 12.4. The molecule has 0 aliphatic carbocycles. The molecule has 0 bridgehead atoms. The fraction of sp³-hybridized carbons (Fsp3) is 1.00. The summed E-state index contributed by atoms with van der Waals surface area (Å²) >= 11 is 0. The van der Waals surface area contributed by atoms with Crippen LogP contribution in [0.2, 0.25) is 0 Å². The fourth-order valence-electron chi connectivity index (χ4n) is 1.33. The third-order valence-electron chi connectivity index (χ3n) is 2.19. The molecule has 0 amide bonds. The van der Waals surface area contributed by atoms with Crippen LogP contribution in [0.25, 0.3) is 0 Å². The lowest BCUT2D eigenvalue weighted by Crippen LogP contribution is -2.36. The summed E-state index contributed by atoms with van der Waals surface area (Å²) in [5.74, 6) is 0.802. The Balaban J connectivity index is 3.06. The average molecular weight is 215 g/mol. The summed E-state index contributed by atoms with van der Waals surface area (Å²) in [6.07, 6.45) is 3.59. The third kappa shape index (κ3) is 13.9. The summed E-state index contributed by atoms with van der Waals surface area (Å²) < 4.78 is 5.56. The molecule has 2 nitrogen and oxygen atoms in total. The molecule has 15 heavy (non-hydrogen) atoms. The molecule has 0 aliphatic rings. The van der Waals surface area contributed by atoms with Gasteiger partial charge in [-0.25, -0.2) is 0 Å². The highest BCUT2D eigenvalue weighted by atomic mass is 16.5. The summed E-state index contributed by atoms with van der Waals surface area (Å²) in [4.78, 5) is 0. The first-order valence-corrected chi connectivity index (χ1v) is 6.24. The molecule has 92 valence electrons. The van der Waals surface area contributed by atoms with E-state index in [2.05, 4.69) is 39.9 Å². The Labute approximate surface area is 95.8 Å². The van der Waals surface area contributed by atoms with Crippen LogP contribution in [0.5, 0.6) is 0 Å². The molecular weight excluding hydrogens is 186 g/mol. The van der Waals surface area contributed by atoms with E-state index >= 15 is 0 Å². The lowest BCUT2D eigenvalue weighted by molar-refractivity contribution is 0.124. The highest BCUT2D eigenvalue weighted by Gasteiger charge is 2.06. The van der Waals surface area contributed by atoms with Crippen molar-refractivity contribution in [2.45, 2.75) is 59.4 Å². The van der Waals surface area contributed by atoms with E-state index in [4.69, 9.17) is 4.74 Å². The van der Waals surface area contributed by atoms with Crippen LogP contribution < -0.4 is 5.32 Å². The van der Waals surface area contributed by atoms with E-state index in [1.54, 1.807) is 0 Å². The smallest absolute Gasteiger partial charge is 0.0478 e. The van der Waals surface area contributed by atoms with Crippen molar-refractivity contribution in [3.8, 4) is 0 Å². The Morgan fingerprint density at radius 3 is 2.20 bits per heavy atom. The van der Waals surface area contributed by atoms with E-state index in [9.17, 15) is 0 Å². The molecule has 0 spiro atoms. The van der Waals surface area contributed by atoms with Crippen LogP contribution in [0.3, 0.4) is 0 Å². The second-order valence-corrected chi connectivity index (χ2v) is 5.68. The summed E-state index contributed by atoms with van der Waals surface area (Å²) in [5, 5.41) is 3.45. The third-order valence-corrected chi connectivity index (χ3v) is 2.19. The van der Waals surface area contributed by atoms with Gasteiger partial charge in [-0.1, -0.05) is 13.8 Å². The Kier molecular flexibility index (Phi) is 8.07. The van der Waals surface area contributed by atoms with Gasteiger partial charge in [-0.05, 0) is 52.5 Å². The zero-order valence-corrected chi connectivity index (χ0v) is 11.2. The maximum atomic E-state index is 5.56. The quantitative estimate of drug-likeness (QED) is 0.628. The predicted octanol–water partition coefficient (Wildman–Crippen LogP) is 3.22. The first-order valence-electron chi connectivity index (χ1n) is 6.24. The molecule has 0 aliphatic heterocycles. The van der Waals surface area contributed by atoms with Crippen molar-refractivity contribution in [1.29, 1.82) is 0 Å². The van der Waals surface area contributed by atoms with Gasteiger partial charge in [-0.2, -0.15) is 0 Å². The van der Waals surface area contributed by atoms with Gasteiger partial charge in [0.05, 0.1) is 0 Å². The molecule has 0 rings (SSSR count). The molecule has 2 heteroatoms. The van der Waals surface area contributed by atoms with Crippen LogP contribution in [0.15, 0.2) is 0 Å². The van der Waals surface area contributed by atoms with E-state index in [-0.39, 0.29) is 5.54 Å². The van der Waals surface area contributed by atoms with Gasteiger partial charge < -0.3 is 10.1 Å². The molecule has 0 unspecified atom stereocenters. The van der Waals surface area contributed by atoms with Gasteiger partial charge in [0.1, 0.15) is 0 Å². The molecule has 0 atom stereocenters. The number of hydrogen-bond donors (Lipinski definition) is 1. The van der Waals surface area contributed by atoms with Gasteiger partial charge in [-0.3, -0.25) is 0 Å². The van der Waals surface area contributed by atoms with Gasteiger partial charge >= 0.3 is 0 Å². The van der Waals surface area contributed by atoms with E-state index in [1.165, 1.54) is 12.8 Å². The monoisotopic (exact) mass is 215 g/mol. The molecule has 0 heterocycles. The molecule has 0 saturated heterocycles. The minimum absolute atomic E-state index is 0.234. The van der Waals surface area contributed by atoms with E-state index in [0.717, 1.165) is 32.1 Å².